The highest BCUT2D eigenvalue weighted by atomic mass is 35.5. The van der Waals surface area contributed by atoms with E-state index in [-0.39, 0.29) is 5.78 Å². The van der Waals surface area contributed by atoms with Crippen molar-refractivity contribution in [3.05, 3.63) is 99.5 Å². The van der Waals surface area contributed by atoms with Crippen molar-refractivity contribution in [2.24, 2.45) is 0 Å². The van der Waals surface area contributed by atoms with Gasteiger partial charge in [-0.05, 0) is 36.4 Å². The Morgan fingerprint density at radius 3 is 2.17 bits per heavy atom. The molecular formula is C20H14Cl2O2. The van der Waals surface area contributed by atoms with Gasteiger partial charge in [0.25, 0.3) is 0 Å². The van der Waals surface area contributed by atoms with Crippen LogP contribution in [0.1, 0.15) is 21.5 Å². The largest absolute Gasteiger partial charge is 0.489 e. The Kier molecular flexibility index (Phi) is 5.19. The fraction of sp³-hybridized carbons (Fsp3) is 0.0500. The molecule has 3 rings (SSSR count). The Hall–Kier alpha value is -2.29. The molecule has 0 heterocycles. The van der Waals surface area contributed by atoms with E-state index in [2.05, 4.69) is 0 Å². The van der Waals surface area contributed by atoms with Gasteiger partial charge in [0.2, 0.25) is 0 Å². The smallest absolute Gasteiger partial charge is 0.193 e. The molecule has 0 saturated heterocycles. The Morgan fingerprint density at radius 2 is 1.50 bits per heavy atom. The standard InChI is InChI=1S/C20H14Cl2O2/c21-17-9-6-16(19(22)12-17)13-24-18-10-7-15(8-11-18)20(23)14-4-2-1-3-5-14/h1-12H,13H2. The Labute approximate surface area is 150 Å². The second kappa shape index (κ2) is 7.52. The molecule has 0 aliphatic heterocycles. The summed E-state index contributed by atoms with van der Waals surface area (Å²) in [7, 11) is 0. The van der Waals surface area contributed by atoms with Gasteiger partial charge in [-0.1, -0.05) is 59.6 Å². The van der Waals surface area contributed by atoms with Crippen LogP contribution >= 0.6 is 23.2 Å². The van der Waals surface area contributed by atoms with Crippen LogP contribution in [0.5, 0.6) is 5.75 Å². The second-order valence-electron chi connectivity index (χ2n) is 5.24. The summed E-state index contributed by atoms with van der Waals surface area (Å²) in [4.78, 5) is 12.3. The summed E-state index contributed by atoms with van der Waals surface area (Å²) in [6, 6.07) is 21.5. The predicted molar refractivity (Wildman–Crippen MR) is 97.1 cm³/mol. The monoisotopic (exact) mass is 356 g/mol. The minimum atomic E-state index is -0.0112. The van der Waals surface area contributed by atoms with Gasteiger partial charge < -0.3 is 4.74 Å². The average Bonchev–Trinajstić information content (AvgIpc) is 2.62. The van der Waals surface area contributed by atoms with Crippen molar-refractivity contribution in [1.82, 2.24) is 0 Å². The van der Waals surface area contributed by atoms with Crippen molar-refractivity contribution in [2.75, 3.05) is 0 Å². The lowest BCUT2D eigenvalue weighted by molar-refractivity contribution is 0.103. The number of hydrogen-bond donors (Lipinski definition) is 0. The summed E-state index contributed by atoms with van der Waals surface area (Å²) in [5, 5.41) is 1.16. The molecule has 0 radical (unpaired) electrons. The van der Waals surface area contributed by atoms with Crippen LogP contribution in [0, 0.1) is 0 Å². The van der Waals surface area contributed by atoms with Gasteiger partial charge in [-0.2, -0.15) is 0 Å². The summed E-state index contributed by atoms with van der Waals surface area (Å²) < 4.78 is 5.71. The maximum Gasteiger partial charge on any atom is 0.193 e. The van der Waals surface area contributed by atoms with E-state index in [0.29, 0.717) is 33.5 Å². The molecular weight excluding hydrogens is 343 g/mol. The third-order valence-electron chi connectivity index (χ3n) is 3.56. The molecule has 0 saturated carbocycles. The van der Waals surface area contributed by atoms with E-state index >= 15 is 0 Å². The molecule has 0 N–H and O–H groups in total. The zero-order valence-electron chi connectivity index (χ0n) is 12.7. The number of rotatable bonds is 5. The molecule has 0 aliphatic carbocycles. The fourth-order valence-corrected chi connectivity index (χ4v) is 2.72. The number of ether oxygens (including phenoxy) is 1. The first-order chi connectivity index (χ1) is 11.6. The van der Waals surface area contributed by atoms with E-state index in [1.807, 2.05) is 24.3 Å². The van der Waals surface area contributed by atoms with Crippen LogP contribution in [-0.2, 0) is 6.61 Å². The number of carbonyl (C=O) groups excluding carboxylic acids is 1. The Balaban J connectivity index is 1.67. The SMILES string of the molecule is O=C(c1ccccc1)c1ccc(OCc2ccc(Cl)cc2Cl)cc1. The van der Waals surface area contributed by atoms with Crippen molar-refractivity contribution >= 4 is 29.0 Å². The lowest BCUT2D eigenvalue weighted by Crippen LogP contribution is -2.01. The van der Waals surface area contributed by atoms with Gasteiger partial charge in [-0.25, -0.2) is 0 Å². The topological polar surface area (TPSA) is 26.3 Å². The maximum absolute atomic E-state index is 12.3. The number of hydrogen-bond acceptors (Lipinski definition) is 2. The highest BCUT2D eigenvalue weighted by molar-refractivity contribution is 6.35. The van der Waals surface area contributed by atoms with E-state index in [4.69, 9.17) is 27.9 Å². The van der Waals surface area contributed by atoms with Gasteiger partial charge >= 0.3 is 0 Å². The Bertz CT molecular complexity index is 843. The highest BCUT2D eigenvalue weighted by Gasteiger charge is 2.08. The molecule has 0 bridgehead atoms. The summed E-state index contributed by atoms with van der Waals surface area (Å²) in [5.74, 6) is 0.661. The lowest BCUT2D eigenvalue weighted by Gasteiger charge is -2.09. The number of ketones is 1. The van der Waals surface area contributed by atoms with Crippen molar-refractivity contribution < 1.29 is 9.53 Å². The van der Waals surface area contributed by atoms with Crippen LogP contribution in [0.3, 0.4) is 0 Å². The number of benzene rings is 3. The molecule has 0 unspecified atom stereocenters. The first-order valence-electron chi connectivity index (χ1n) is 7.40. The van der Waals surface area contributed by atoms with Crippen molar-refractivity contribution in [3.8, 4) is 5.75 Å². The molecule has 0 atom stereocenters. The predicted octanol–water partition coefficient (Wildman–Crippen LogP) is 5.80. The molecule has 4 heteroatoms. The maximum atomic E-state index is 12.3. The zero-order chi connectivity index (χ0) is 16.9. The molecule has 0 aliphatic rings. The molecule has 0 fully saturated rings. The van der Waals surface area contributed by atoms with Crippen molar-refractivity contribution in [2.45, 2.75) is 6.61 Å². The number of carbonyl (C=O) groups is 1. The molecule has 2 nitrogen and oxygen atoms in total. The van der Waals surface area contributed by atoms with Crippen LogP contribution in [0.25, 0.3) is 0 Å². The van der Waals surface area contributed by atoms with Crippen molar-refractivity contribution in [1.29, 1.82) is 0 Å². The highest BCUT2D eigenvalue weighted by Crippen LogP contribution is 2.23. The van der Waals surface area contributed by atoms with E-state index in [1.54, 1.807) is 48.5 Å². The van der Waals surface area contributed by atoms with Gasteiger partial charge in [-0.3, -0.25) is 4.79 Å². The number of halogens is 2. The molecule has 3 aromatic carbocycles. The van der Waals surface area contributed by atoms with Crippen LogP contribution in [0.2, 0.25) is 10.0 Å². The quantitative estimate of drug-likeness (QED) is 0.539. The van der Waals surface area contributed by atoms with E-state index < -0.39 is 0 Å². The zero-order valence-corrected chi connectivity index (χ0v) is 14.2. The Morgan fingerprint density at radius 1 is 0.833 bits per heavy atom. The van der Waals surface area contributed by atoms with Gasteiger partial charge in [0.15, 0.2) is 5.78 Å². The fourth-order valence-electron chi connectivity index (χ4n) is 2.26. The summed E-state index contributed by atoms with van der Waals surface area (Å²) in [6.45, 7) is 0.335. The minimum absolute atomic E-state index is 0.0112. The first-order valence-corrected chi connectivity index (χ1v) is 8.15. The molecule has 0 amide bonds. The lowest BCUT2D eigenvalue weighted by atomic mass is 10.0. The molecule has 3 aromatic rings. The summed E-state index contributed by atoms with van der Waals surface area (Å²) >= 11 is 12.0. The first kappa shape index (κ1) is 16.6. The van der Waals surface area contributed by atoms with Gasteiger partial charge in [0.1, 0.15) is 12.4 Å². The van der Waals surface area contributed by atoms with Gasteiger partial charge in [0.05, 0.1) is 0 Å². The average molecular weight is 357 g/mol. The van der Waals surface area contributed by atoms with Crippen LogP contribution in [-0.4, -0.2) is 5.78 Å². The van der Waals surface area contributed by atoms with E-state index in [0.717, 1.165) is 5.56 Å². The van der Waals surface area contributed by atoms with E-state index in [9.17, 15) is 4.79 Å². The van der Waals surface area contributed by atoms with Gasteiger partial charge in [0, 0.05) is 26.7 Å². The molecule has 120 valence electrons. The second-order valence-corrected chi connectivity index (χ2v) is 6.09. The van der Waals surface area contributed by atoms with Crippen molar-refractivity contribution in [3.63, 3.8) is 0 Å². The van der Waals surface area contributed by atoms with Gasteiger partial charge in [-0.15, -0.1) is 0 Å². The minimum Gasteiger partial charge on any atom is -0.489 e. The van der Waals surface area contributed by atoms with E-state index in [1.165, 1.54) is 0 Å². The molecule has 0 spiro atoms. The van der Waals surface area contributed by atoms with Crippen LogP contribution in [0.4, 0.5) is 0 Å². The molecule has 24 heavy (non-hydrogen) atoms. The normalized spacial score (nSPS) is 10.4. The van der Waals surface area contributed by atoms with Crippen LogP contribution in [0.15, 0.2) is 72.8 Å². The third kappa shape index (κ3) is 3.97. The summed E-state index contributed by atoms with van der Waals surface area (Å²) in [5.41, 5.74) is 2.14. The molecule has 0 aromatic heterocycles. The summed E-state index contributed by atoms with van der Waals surface area (Å²) in [6.07, 6.45) is 0. The van der Waals surface area contributed by atoms with Crippen LogP contribution < -0.4 is 4.74 Å². The third-order valence-corrected chi connectivity index (χ3v) is 4.15.